The fraction of sp³-hybridized carbons (Fsp3) is 0.385. The summed E-state index contributed by atoms with van der Waals surface area (Å²) in [4.78, 5) is 25.2. The summed E-state index contributed by atoms with van der Waals surface area (Å²) < 4.78 is 0. The van der Waals surface area contributed by atoms with Gasteiger partial charge in [0.15, 0.2) is 5.78 Å². The van der Waals surface area contributed by atoms with Crippen molar-refractivity contribution in [1.82, 2.24) is 0 Å². The normalized spacial score (nSPS) is 20.4. The first-order chi connectivity index (χ1) is 7.93. The summed E-state index contributed by atoms with van der Waals surface area (Å²) in [7, 11) is 1.75. The number of nitrogens with zero attached hydrogens (tertiary/aromatic N) is 1. The minimum Gasteiger partial charge on any atom is -0.315 e. The number of benzene rings is 1. The van der Waals surface area contributed by atoms with Gasteiger partial charge in [-0.3, -0.25) is 9.59 Å². The maximum atomic E-state index is 11.8. The molecular formula is C13H14ClNO2. The van der Waals surface area contributed by atoms with E-state index in [-0.39, 0.29) is 17.6 Å². The number of alkyl halides is 1. The molecule has 2 unspecified atom stereocenters. The van der Waals surface area contributed by atoms with Crippen molar-refractivity contribution in [1.29, 1.82) is 0 Å². The highest BCUT2D eigenvalue weighted by Gasteiger charge is 2.32. The van der Waals surface area contributed by atoms with Gasteiger partial charge in [-0.2, -0.15) is 0 Å². The number of hydrogen-bond donors (Lipinski definition) is 0. The molecule has 0 saturated heterocycles. The van der Waals surface area contributed by atoms with Crippen molar-refractivity contribution in [3.8, 4) is 0 Å². The van der Waals surface area contributed by atoms with Crippen LogP contribution in [0.15, 0.2) is 18.2 Å². The largest absolute Gasteiger partial charge is 0.315 e. The van der Waals surface area contributed by atoms with Gasteiger partial charge in [0.25, 0.3) is 0 Å². The molecule has 90 valence electrons. The monoisotopic (exact) mass is 251 g/mol. The maximum Gasteiger partial charge on any atom is 0.234 e. The van der Waals surface area contributed by atoms with Crippen molar-refractivity contribution in [3.05, 3.63) is 29.3 Å². The van der Waals surface area contributed by atoms with E-state index in [0.29, 0.717) is 5.56 Å². The standard InChI is InChI=1S/C13H14ClNO2/c1-7-10-6-9(12(16)8(2)14)4-5-11(10)15(3)13(7)17/h4-8H,1-3H3. The van der Waals surface area contributed by atoms with Crippen LogP contribution < -0.4 is 4.90 Å². The molecule has 0 spiro atoms. The zero-order chi connectivity index (χ0) is 12.7. The fourth-order valence-electron chi connectivity index (χ4n) is 2.13. The van der Waals surface area contributed by atoms with E-state index in [0.717, 1.165) is 11.3 Å². The van der Waals surface area contributed by atoms with Crippen LogP contribution in [0.1, 0.15) is 35.7 Å². The van der Waals surface area contributed by atoms with Crippen LogP contribution in [0.4, 0.5) is 5.69 Å². The van der Waals surface area contributed by atoms with E-state index in [4.69, 9.17) is 11.6 Å². The zero-order valence-electron chi connectivity index (χ0n) is 10.0. The first kappa shape index (κ1) is 12.1. The molecule has 3 nitrogen and oxygen atoms in total. The molecule has 1 aromatic rings. The van der Waals surface area contributed by atoms with E-state index in [2.05, 4.69) is 0 Å². The Hall–Kier alpha value is -1.35. The fourth-order valence-corrected chi connectivity index (χ4v) is 2.26. The Kier molecular flexibility index (Phi) is 2.96. The van der Waals surface area contributed by atoms with Crippen LogP contribution >= 0.6 is 11.6 Å². The Morgan fingerprint density at radius 2 is 2.12 bits per heavy atom. The van der Waals surface area contributed by atoms with Gasteiger partial charge < -0.3 is 4.90 Å². The van der Waals surface area contributed by atoms with E-state index in [1.165, 1.54) is 0 Å². The molecule has 0 radical (unpaired) electrons. The van der Waals surface area contributed by atoms with Crippen LogP contribution in [0.2, 0.25) is 0 Å². The summed E-state index contributed by atoms with van der Waals surface area (Å²) in [6, 6.07) is 5.31. The van der Waals surface area contributed by atoms with E-state index in [1.807, 2.05) is 13.0 Å². The van der Waals surface area contributed by atoms with Gasteiger partial charge in [-0.1, -0.05) is 0 Å². The first-order valence-electron chi connectivity index (χ1n) is 5.53. The first-order valence-corrected chi connectivity index (χ1v) is 5.97. The van der Waals surface area contributed by atoms with Crippen molar-refractivity contribution >= 4 is 29.0 Å². The van der Waals surface area contributed by atoms with Gasteiger partial charge in [-0.25, -0.2) is 0 Å². The third-order valence-electron chi connectivity index (χ3n) is 3.20. The average molecular weight is 252 g/mol. The lowest BCUT2D eigenvalue weighted by molar-refractivity contribution is -0.118. The Bertz CT molecular complexity index is 496. The summed E-state index contributed by atoms with van der Waals surface area (Å²) >= 11 is 5.78. The van der Waals surface area contributed by atoms with Crippen molar-refractivity contribution < 1.29 is 9.59 Å². The molecule has 0 aromatic heterocycles. The van der Waals surface area contributed by atoms with Crippen LogP contribution in [0.25, 0.3) is 0 Å². The molecule has 0 bridgehead atoms. The summed E-state index contributed by atoms with van der Waals surface area (Å²) in [5.74, 6) is -0.236. The average Bonchev–Trinajstić information content (AvgIpc) is 2.53. The van der Waals surface area contributed by atoms with Crippen LogP contribution in [-0.2, 0) is 4.79 Å². The molecule has 2 rings (SSSR count). The van der Waals surface area contributed by atoms with Gasteiger partial charge in [0.1, 0.15) is 0 Å². The molecule has 4 heteroatoms. The molecule has 1 aromatic carbocycles. The highest BCUT2D eigenvalue weighted by Crippen LogP contribution is 2.36. The van der Waals surface area contributed by atoms with E-state index < -0.39 is 5.38 Å². The Labute approximate surface area is 105 Å². The van der Waals surface area contributed by atoms with E-state index in [1.54, 1.807) is 31.0 Å². The molecule has 1 aliphatic rings. The quantitative estimate of drug-likeness (QED) is 0.598. The Morgan fingerprint density at radius 3 is 2.71 bits per heavy atom. The summed E-state index contributed by atoms with van der Waals surface area (Å²) in [5.41, 5.74) is 2.35. The van der Waals surface area contributed by atoms with E-state index in [9.17, 15) is 9.59 Å². The zero-order valence-corrected chi connectivity index (χ0v) is 10.8. The third-order valence-corrected chi connectivity index (χ3v) is 3.40. The maximum absolute atomic E-state index is 11.8. The molecule has 2 atom stereocenters. The van der Waals surface area contributed by atoms with Gasteiger partial charge in [0.2, 0.25) is 5.91 Å². The van der Waals surface area contributed by atoms with Gasteiger partial charge >= 0.3 is 0 Å². The molecule has 0 aliphatic carbocycles. The van der Waals surface area contributed by atoms with Crippen molar-refractivity contribution in [2.24, 2.45) is 0 Å². The lowest BCUT2D eigenvalue weighted by Gasteiger charge is -2.10. The predicted octanol–water partition coefficient (Wildman–Crippen LogP) is 2.58. The van der Waals surface area contributed by atoms with Crippen molar-refractivity contribution in [3.63, 3.8) is 0 Å². The third kappa shape index (κ3) is 1.84. The molecule has 17 heavy (non-hydrogen) atoms. The van der Waals surface area contributed by atoms with Crippen LogP contribution in [0.5, 0.6) is 0 Å². The molecule has 0 saturated carbocycles. The summed E-state index contributed by atoms with van der Waals surface area (Å²) in [6.07, 6.45) is 0. The molecule has 1 amide bonds. The smallest absolute Gasteiger partial charge is 0.234 e. The number of likely N-dealkylation sites (N-methyl/N-ethyl adjacent to an activating group) is 1. The second-order valence-corrected chi connectivity index (χ2v) is 5.03. The molecule has 0 fully saturated rings. The number of fused-ring (bicyclic) bond motifs is 1. The number of ketones is 1. The summed E-state index contributed by atoms with van der Waals surface area (Å²) in [6.45, 7) is 3.50. The van der Waals surface area contributed by atoms with Crippen LogP contribution in [0.3, 0.4) is 0 Å². The summed E-state index contributed by atoms with van der Waals surface area (Å²) in [5, 5.41) is -0.543. The number of hydrogen-bond acceptors (Lipinski definition) is 2. The number of halogens is 1. The van der Waals surface area contributed by atoms with Crippen molar-refractivity contribution in [2.75, 3.05) is 11.9 Å². The number of carbonyl (C=O) groups is 2. The van der Waals surface area contributed by atoms with Gasteiger partial charge in [0.05, 0.1) is 11.3 Å². The van der Waals surface area contributed by atoms with Crippen LogP contribution in [-0.4, -0.2) is 24.1 Å². The SMILES string of the molecule is CC(Cl)C(=O)c1ccc2c(c1)C(C)C(=O)N2C. The van der Waals surface area contributed by atoms with Gasteiger partial charge in [-0.05, 0) is 37.6 Å². The van der Waals surface area contributed by atoms with Gasteiger partial charge in [-0.15, -0.1) is 11.6 Å². The Balaban J connectivity index is 2.47. The number of Topliss-reactive ketones (excluding diaryl/α,β-unsaturated/α-hetero) is 1. The second kappa shape index (κ2) is 4.15. The topological polar surface area (TPSA) is 37.4 Å². The molecule has 1 aliphatic heterocycles. The van der Waals surface area contributed by atoms with E-state index >= 15 is 0 Å². The number of anilines is 1. The lowest BCUT2D eigenvalue weighted by atomic mass is 9.98. The minimum absolute atomic E-state index is 0.0588. The molecular weight excluding hydrogens is 238 g/mol. The lowest BCUT2D eigenvalue weighted by Crippen LogP contribution is -2.22. The predicted molar refractivity (Wildman–Crippen MR) is 67.9 cm³/mol. The Morgan fingerprint density at radius 1 is 1.47 bits per heavy atom. The second-order valence-electron chi connectivity index (χ2n) is 4.37. The van der Waals surface area contributed by atoms with Crippen LogP contribution in [0, 0.1) is 0 Å². The highest BCUT2D eigenvalue weighted by molar-refractivity contribution is 6.33. The number of carbonyl (C=O) groups excluding carboxylic acids is 2. The van der Waals surface area contributed by atoms with Crippen molar-refractivity contribution in [2.45, 2.75) is 25.1 Å². The number of amides is 1. The van der Waals surface area contributed by atoms with Gasteiger partial charge in [0, 0.05) is 18.3 Å². The number of rotatable bonds is 2. The molecule has 1 heterocycles. The minimum atomic E-state index is -0.543. The highest BCUT2D eigenvalue weighted by atomic mass is 35.5. The molecule has 0 N–H and O–H groups in total.